The molecule has 1 aromatic carbocycles. The molecule has 31 heavy (non-hydrogen) atoms. The van der Waals surface area contributed by atoms with E-state index in [9.17, 15) is 4.79 Å². The molecule has 6 heteroatoms. The second kappa shape index (κ2) is 9.53. The molecule has 168 valence electrons. The number of carbonyl (C=O) groups is 1. The molecular formula is C25H36N4O2. The third kappa shape index (κ3) is 5.01. The minimum absolute atomic E-state index is 0.127. The number of aromatic nitrogens is 2. The largest absolute Gasteiger partial charge is 0.373 e. The summed E-state index contributed by atoms with van der Waals surface area (Å²) in [6, 6.07) is 8.29. The van der Waals surface area contributed by atoms with Crippen molar-refractivity contribution in [3.63, 3.8) is 0 Å². The fourth-order valence-electron chi connectivity index (χ4n) is 5.09. The van der Waals surface area contributed by atoms with Gasteiger partial charge < -0.3 is 9.64 Å². The van der Waals surface area contributed by atoms with Crippen LogP contribution in [0.2, 0.25) is 0 Å². The van der Waals surface area contributed by atoms with Crippen LogP contribution >= 0.6 is 0 Å². The predicted molar refractivity (Wildman–Crippen MR) is 123 cm³/mol. The highest BCUT2D eigenvalue weighted by molar-refractivity contribution is 5.95. The summed E-state index contributed by atoms with van der Waals surface area (Å²) in [6.45, 7) is 13.3. The number of carbonyl (C=O) groups excluding carboxylic acids is 1. The van der Waals surface area contributed by atoms with Crippen LogP contribution in [0.15, 0.2) is 30.5 Å². The van der Waals surface area contributed by atoms with Gasteiger partial charge >= 0.3 is 0 Å². The van der Waals surface area contributed by atoms with Gasteiger partial charge in [-0.25, -0.2) is 4.68 Å². The average molecular weight is 425 g/mol. The zero-order valence-corrected chi connectivity index (χ0v) is 19.4. The molecule has 2 unspecified atom stereocenters. The number of likely N-dealkylation sites (tertiary alicyclic amines) is 1. The Hall–Kier alpha value is -2.18. The van der Waals surface area contributed by atoms with Gasteiger partial charge in [0.1, 0.15) is 0 Å². The van der Waals surface area contributed by atoms with Gasteiger partial charge in [0.25, 0.3) is 5.91 Å². The second-order valence-electron chi connectivity index (χ2n) is 9.32. The first kappa shape index (κ1) is 22.0. The first-order valence-corrected chi connectivity index (χ1v) is 11.8. The van der Waals surface area contributed by atoms with Gasteiger partial charge in [0.15, 0.2) is 0 Å². The Morgan fingerprint density at radius 3 is 2.35 bits per heavy atom. The minimum Gasteiger partial charge on any atom is -0.373 e. The van der Waals surface area contributed by atoms with E-state index < -0.39 is 0 Å². The van der Waals surface area contributed by atoms with E-state index >= 15 is 0 Å². The summed E-state index contributed by atoms with van der Waals surface area (Å²) < 4.78 is 7.78. The highest BCUT2D eigenvalue weighted by Gasteiger charge is 2.29. The number of amides is 1. The van der Waals surface area contributed by atoms with Gasteiger partial charge in [-0.1, -0.05) is 24.6 Å². The number of aryl methyl sites for hydroxylation is 1. The molecule has 2 saturated heterocycles. The van der Waals surface area contributed by atoms with Gasteiger partial charge in [-0.3, -0.25) is 9.69 Å². The maximum Gasteiger partial charge on any atom is 0.257 e. The molecular weight excluding hydrogens is 388 g/mol. The summed E-state index contributed by atoms with van der Waals surface area (Å²) in [5, 5.41) is 4.56. The number of piperidine rings is 1. The van der Waals surface area contributed by atoms with Crippen LogP contribution < -0.4 is 0 Å². The summed E-state index contributed by atoms with van der Waals surface area (Å²) in [4.78, 5) is 17.9. The molecule has 2 aliphatic heterocycles. The fourth-order valence-corrected chi connectivity index (χ4v) is 5.09. The Labute approximate surface area is 186 Å². The molecule has 2 atom stereocenters. The topological polar surface area (TPSA) is 50.6 Å². The number of hydrogen-bond acceptors (Lipinski definition) is 4. The minimum atomic E-state index is 0.127. The third-order valence-electron chi connectivity index (χ3n) is 6.63. The molecule has 2 aromatic rings. The third-order valence-corrected chi connectivity index (χ3v) is 6.63. The molecule has 0 radical (unpaired) electrons. The van der Waals surface area contributed by atoms with Gasteiger partial charge in [0.05, 0.1) is 35.3 Å². The normalized spacial score (nSPS) is 23.3. The van der Waals surface area contributed by atoms with E-state index in [-0.39, 0.29) is 5.91 Å². The lowest BCUT2D eigenvalue weighted by molar-refractivity contribution is -0.0728. The standard InChI is InChI=1S/C25H36N4O2/c1-5-24-23(14-26-29(24)22-8-6-18(2)7-9-22)25(30)28-12-10-21(11-13-28)17-27-15-19(3)31-20(4)16-27/h6-9,14,19-21H,5,10-13,15-17H2,1-4H3. The Bertz CT molecular complexity index is 873. The van der Waals surface area contributed by atoms with Crippen LogP contribution in [0.1, 0.15) is 55.2 Å². The first-order chi connectivity index (χ1) is 14.9. The van der Waals surface area contributed by atoms with Gasteiger partial charge in [-0.05, 0) is 58.1 Å². The summed E-state index contributed by atoms with van der Waals surface area (Å²) >= 11 is 0. The molecule has 0 saturated carbocycles. The Kier molecular flexibility index (Phi) is 6.77. The Morgan fingerprint density at radius 1 is 1.10 bits per heavy atom. The fraction of sp³-hybridized carbons (Fsp3) is 0.600. The van der Waals surface area contributed by atoms with Crippen molar-refractivity contribution in [2.45, 2.75) is 59.2 Å². The van der Waals surface area contributed by atoms with Gasteiger partial charge in [0.2, 0.25) is 0 Å². The summed E-state index contributed by atoms with van der Waals surface area (Å²) in [5.74, 6) is 0.782. The molecule has 0 N–H and O–H groups in total. The maximum atomic E-state index is 13.3. The number of hydrogen-bond donors (Lipinski definition) is 0. The van der Waals surface area contributed by atoms with Crippen LogP contribution in [-0.4, -0.2) is 70.4 Å². The van der Waals surface area contributed by atoms with Crippen LogP contribution in [0.3, 0.4) is 0 Å². The van der Waals surface area contributed by atoms with Crippen LogP contribution in [-0.2, 0) is 11.2 Å². The number of nitrogens with zero attached hydrogens (tertiary/aromatic N) is 4. The SMILES string of the molecule is CCc1c(C(=O)N2CCC(CN3CC(C)OC(C)C3)CC2)cnn1-c1ccc(C)cc1. The Balaban J connectivity index is 1.38. The number of benzene rings is 1. The lowest BCUT2D eigenvalue weighted by Crippen LogP contribution is -2.48. The van der Waals surface area contributed by atoms with Crippen molar-refractivity contribution >= 4 is 5.91 Å². The van der Waals surface area contributed by atoms with Crippen molar-refractivity contribution in [1.29, 1.82) is 0 Å². The van der Waals surface area contributed by atoms with Crippen molar-refractivity contribution in [1.82, 2.24) is 19.6 Å². The van der Waals surface area contributed by atoms with Crippen LogP contribution in [0.4, 0.5) is 0 Å². The summed E-state index contributed by atoms with van der Waals surface area (Å²) in [6.07, 6.45) is 5.28. The molecule has 3 heterocycles. The van der Waals surface area contributed by atoms with Gasteiger partial charge in [-0.2, -0.15) is 5.10 Å². The molecule has 6 nitrogen and oxygen atoms in total. The van der Waals surface area contributed by atoms with Crippen molar-refractivity contribution in [2.75, 3.05) is 32.7 Å². The van der Waals surface area contributed by atoms with E-state index in [2.05, 4.69) is 62.0 Å². The van der Waals surface area contributed by atoms with E-state index in [0.29, 0.717) is 18.1 Å². The lowest BCUT2D eigenvalue weighted by Gasteiger charge is -2.39. The van der Waals surface area contributed by atoms with E-state index in [1.165, 1.54) is 5.56 Å². The van der Waals surface area contributed by atoms with E-state index in [1.54, 1.807) is 6.20 Å². The summed E-state index contributed by atoms with van der Waals surface area (Å²) in [7, 11) is 0. The molecule has 0 bridgehead atoms. The van der Waals surface area contributed by atoms with Gasteiger partial charge in [0, 0.05) is 32.7 Å². The van der Waals surface area contributed by atoms with E-state index in [1.807, 2.05) is 9.58 Å². The highest BCUT2D eigenvalue weighted by Crippen LogP contribution is 2.24. The van der Waals surface area contributed by atoms with Crippen molar-refractivity contribution in [3.05, 3.63) is 47.3 Å². The predicted octanol–water partition coefficient (Wildman–Crippen LogP) is 3.70. The van der Waals surface area contributed by atoms with Crippen LogP contribution in [0.5, 0.6) is 0 Å². The van der Waals surface area contributed by atoms with Crippen molar-refractivity contribution < 1.29 is 9.53 Å². The molecule has 4 rings (SSSR count). The van der Waals surface area contributed by atoms with E-state index in [0.717, 1.165) is 68.9 Å². The molecule has 2 fully saturated rings. The molecule has 1 aromatic heterocycles. The second-order valence-corrected chi connectivity index (χ2v) is 9.32. The highest BCUT2D eigenvalue weighted by atomic mass is 16.5. The smallest absolute Gasteiger partial charge is 0.257 e. The van der Waals surface area contributed by atoms with Crippen molar-refractivity contribution in [3.8, 4) is 5.69 Å². The number of ether oxygens (including phenoxy) is 1. The van der Waals surface area contributed by atoms with Crippen LogP contribution in [0, 0.1) is 12.8 Å². The Morgan fingerprint density at radius 2 is 1.74 bits per heavy atom. The zero-order valence-electron chi connectivity index (χ0n) is 19.4. The molecule has 2 aliphatic rings. The quantitative estimate of drug-likeness (QED) is 0.734. The summed E-state index contributed by atoms with van der Waals surface area (Å²) in [5.41, 5.74) is 3.97. The molecule has 1 amide bonds. The maximum absolute atomic E-state index is 13.3. The van der Waals surface area contributed by atoms with Crippen molar-refractivity contribution in [2.24, 2.45) is 5.92 Å². The number of rotatable bonds is 5. The lowest BCUT2D eigenvalue weighted by atomic mass is 9.95. The monoisotopic (exact) mass is 424 g/mol. The first-order valence-electron chi connectivity index (χ1n) is 11.8. The van der Waals surface area contributed by atoms with E-state index in [4.69, 9.17) is 4.74 Å². The zero-order chi connectivity index (χ0) is 22.0. The molecule has 0 spiro atoms. The van der Waals surface area contributed by atoms with Crippen LogP contribution in [0.25, 0.3) is 5.69 Å². The van der Waals surface area contributed by atoms with Gasteiger partial charge in [-0.15, -0.1) is 0 Å². The average Bonchev–Trinajstić information content (AvgIpc) is 3.17. The number of morpholine rings is 1. The molecule has 0 aliphatic carbocycles.